The van der Waals surface area contributed by atoms with E-state index in [1.807, 2.05) is 18.2 Å². The molecule has 4 unspecified atom stereocenters. The van der Waals surface area contributed by atoms with Gasteiger partial charge in [-0.2, -0.15) is 0 Å². The van der Waals surface area contributed by atoms with Gasteiger partial charge in [-0.05, 0) is 31.0 Å². The lowest BCUT2D eigenvalue weighted by Crippen LogP contribution is -2.54. The van der Waals surface area contributed by atoms with E-state index in [0.29, 0.717) is 13.2 Å². The Kier molecular flexibility index (Phi) is 6.02. The second-order valence-electron chi connectivity index (χ2n) is 5.76. The highest BCUT2D eigenvalue weighted by molar-refractivity contribution is 6.30. The highest BCUT2D eigenvalue weighted by atomic mass is 35.5. The van der Waals surface area contributed by atoms with Gasteiger partial charge in [0.2, 0.25) is 0 Å². The number of ether oxygens (including phenoxy) is 1. The molecule has 0 aliphatic carbocycles. The van der Waals surface area contributed by atoms with Gasteiger partial charge in [-0.25, -0.2) is 0 Å². The molecule has 118 valence electrons. The van der Waals surface area contributed by atoms with Crippen molar-refractivity contribution in [2.45, 2.75) is 44.5 Å². The molecule has 0 radical (unpaired) electrons. The quantitative estimate of drug-likeness (QED) is 0.875. The molecule has 4 nitrogen and oxygen atoms in total. The first-order valence-electron chi connectivity index (χ1n) is 7.56. The van der Waals surface area contributed by atoms with Crippen LogP contribution in [0.3, 0.4) is 0 Å². The normalized spacial score (nSPS) is 26.5. The number of aliphatic hydroxyl groups excluding tert-OH is 1. The Morgan fingerprint density at radius 2 is 2.29 bits per heavy atom. The Bertz CT molecular complexity index is 458. The molecule has 4 atom stereocenters. The molecular weight excluding hydrogens is 288 g/mol. The zero-order valence-corrected chi connectivity index (χ0v) is 13.5. The highest BCUT2D eigenvalue weighted by Crippen LogP contribution is 2.31. The first-order chi connectivity index (χ1) is 10.1. The van der Waals surface area contributed by atoms with Crippen molar-refractivity contribution < 1.29 is 9.84 Å². The van der Waals surface area contributed by atoms with Crippen molar-refractivity contribution in [3.05, 3.63) is 34.9 Å². The zero-order chi connectivity index (χ0) is 15.4. The third-order valence-corrected chi connectivity index (χ3v) is 4.42. The summed E-state index contributed by atoms with van der Waals surface area (Å²) in [6.45, 7) is 5.55. The van der Waals surface area contributed by atoms with Crippen LogP contribution in [0.5, 0.6) is 0 Å². The Balaban J connectivity index is 2.30. The van der Waals surface area contributed by atoms with Crippen LogP contribution >= 0.6 is 11.6 Å². The fraction of sp³-hybridized carbons (Fsp3) is 0.625. The molecule has 3 N–H and O–H groups in total. The van der Waals surface area contributed by atoms with Gasteiger partial charge in [0.15, 0.2) is 0 Å². The van der Waals surface area contributed by atoms with Gasteiger partial charge in [0.25, 0.3) is 0 Å². The molecule has 0 bridgehead atoms. The lowest BCUT2D eigenvalue weighted by Gasteiger charge is -2.44. The first-order valence-corrected chi connectivity index (χ1v) is 7.93. The molecule has 21 heavy (non-hydrogen) atoms. The molecule has 2 rings (SSSR count). The number of benzene rings is 1. The van der Waals surface area contributed by atoms with E-state index in [1.165, 1.54) is 0 Å². The summed E-state index contributed by atoms with van der Waals surface area (Å²) in [5.74, 6) is 0. The van der Waals surface area contributed by atoms with Gasteiger partial charge in [0, 0.05) is 23.7 Å². The smallest absolute Gasteiger partial charge is 0.0933 e. The standard InChI is InChI=1S/C16H25ClN2O2/c1-3-15(18)16(12-5-4-6-13(17)7-12)19-8-14(9-20)21-10-11(19)2/h4-7,11,14-16,20H,3,8-10,18H2,1-2H3. The van der Waals surface area contributed by atoms with Gasteiger partial charge >= 0.3 is 0 Å². The third-order valence-electron chi connectivity index (χ3n) is 4.18. The monoisotopic (exact) mass is 312 g/mol. The van der Waals surface area contributed by atoms with E-state index in [1.54, 1.807) is 0 Å². The summed E-state index contributed by atoms with van der Waals surface area (Å²) in [5.41, 5.74) is 7.52. The number of aliphatic hydroxyl groups is 1. The molecule has 1 saturated heterocycles. The largest absolute Gasteiger partial charge is 0.394 e. The molecule has 1 aromatic carbocycles. The van der Waals surface area contributed by atoms with Gasteiger partial charge in [-0.3, -0.25) is 4.90 Å². The maximum atomic E-state index is 9.38. The van der Waals surface area contributed by atoms with Crippen molar-refractivity contribution in [2.24, 2.45) is 5.73 Å². The highest BCUT2D eigenvalue weighted by Gasteiger charge is 2.34. The molecule has 0 amide bonds. The molecule has 1 aliphatic heterocycles. The number of hydrogen-bond acceptors (Lipinski definition) is 4. The predicted octanol–water partition coefficient (Wildman–Crippen LogP) is 2.20. The van der Waals surface area contributed by atoms with Crippen LogP contribution in [0.1, 0.15) is 31.9 Å². The van der Waals surface area contributed by atoms with Gasteiger partial charge in [-0.1, -0.05) is 30.7 Å². The van der Waals surface area contributed by atoms with Crippen molar-refractivity contribution in [1.82, 2.24) is 4.90 Å². The number of halogens is 1. The minimum atomic E-state index is -0.146. The molecule has 0 spiro atoms. The van der Waals surface area contributed by atoms with E-state index in [9.17, 15) is 5.11 Å². The fourth-order valence-electron chi connectivity index (χ4n) is 2.94. The Labute approximate surface area is 131 Å². The molecule has 5 heteroatoms. The fourth-order valence-corrected chi connectivity index (χ4v) is 3.13. The zero-order valence-electron chi connectivity index (χ0n) is 12.7. The van der Waals surface area contributed by atoms with Crippen molar-refractivity contribution in [2.75, 3.05) is 19.8 Å². The Morgan fingerprint density at radius 1 is 1.52 bits per heavy atom. The average molecular weight is 313 g/mol. The van der Waals surface area contributed by atoms with Crippen molar-refractivity contribution in [3.63, 3.8) is 0 Å². The summed E-state index contributed by atoms with van der Waals surface area (Å²) in [6.07, 6.45) is 0.734. The summed E-state index contributed by atoms with van der Waals surface area (Å²) in [7, 11) is 0. The van der Waals surface area contributed by atoms with Gasteiger partial charge in [0.05, 0.1) is 25.4 Å². The number of hydrogen-bond donors (Lipinski definition) is 2. The van der Waals surface area contributed by atoms with Crippen LogP contribution in [0, 0.1) is 0 Å². The summed E-state index contributed by atoms with van der Waals surface area (Å²) in [4.78, 5) is 2.34. The lowest BCUT2D eigenvalue weighted by molar-refractivity contribution is -0.0948. The lowest BCUT2D eigenvalue weighted by atomic mass is 9.94. The molecule has 1 aromatic rings. The molecular formula is C16H25ClN2O2. The maximum Gasteiger partial charge on any atom is 0.0933 e. The second-order valence-corrected chi connectivity index (χ2v) is 6.19. The maximum absolute atomic E-state index is 9.38. The second kappa shape index (κ2) is 7.56. The van der Waals surface area contributed by atoms with Crippen molar-refractivity contribution >= 4 is 11.6 Å². The minimum Gasteiger partial charge on any atom is -0.394 e. The van der Waals surface area contributed by atoms with Crippen LogP contribution in [-0.4, -0.2) is 48.0 Å². The molecule has 1 aliphatic rings. The first kappa shape index (κ1) is 16.7. The van der Waals surface area contributed by atoms with Gasteiger partial charge in [-0.15, -0.1) is 0 Å². The Hall–Kier alpha value is -0.650. The molecule has 0 aromatic heterocycles. The predicted molar refractivity (Wildman–Crippen MR) is 85.5 cm³/mol. The summed E-state index contributed by atoms with van der Waals surface area (Å²) < 4.78 is 5.63. The van der Waals surface area contributed by atoms with E-state index in [0.717, 1.165) is 17.0 Å². The number of morpholine rings is 1. The van der Waals surface area contributed by atoms with Crippen LogP contribution < -0.4 is 5.73 Å². The number of rotatable bonds is 5. The summed E-state index contributed by atoms with van der Waals surface area (Å²) >= 11 is 6.14. The topological polar surface area (TPSA) is 58.7 Å². The van der Waals surface area contributed by atoms with Crippen LogP contribution in [0.2, 0.25) is 5.02 Å². The van der Waals surface area contributed by atoms with Gasteiger partial charge < -0.3 is 15.6 Å². The third kappa shape index (κ3) is 3.96. The van der Waals surface area contributed by atoms with Crippen LogP contribution in [0.25, 0.3) is 0 Å². The van der Waals surface area contributed by atoms with Crippen LogP contribution in [0.4, 0.5) is 0 Å². The van der Waals surface area contributed by atoms with E-state index >= 15 is 0 Å². The summed E-state index contributed by atoms with van der Waals surface area (Å²) in [5, 5.41) is 10.1. The molecule has 1 heterocycles. The minimum absolute atomic E-state index is 0.0170. The molecule has 0 saturated carbocycles. The average Bonchev–Trinajstić information content (AvgIpc) is 2.49. The van der Waals surface area contributed by atoms with E-state index in [-0.39, 0.29) is 30.8 Å². The van der Waals surface area contributed by atoms with Gasteiger partial charge in [0.1, 0.15) is 0 Å². The number of nitrogens with two attached hydrogens (primary N) is 1. The Morgan fingerprint density at radius 3 is 2.90 bits per heavy atom. The SMILES string of the molecule is CCC(N)C(c1cccc(Cl)c1)N1CC(CO)OCC1C. The van der Waals surface area contributed by atoms with E-state index in [2.05, 4.69) is 24.8 Å². The van der Waals surface area contributed by atoms with Crippen molar-refractivity contribution in [3.8, 4) is 0 Å². The molecule has 1 fully saturated rings. The van der Waals surface area contributed by atoms with Crippen molar-refractivity contribution in [1.29, 1.82) is 0 Å². The summed E-state index contributed by atoms with van der Waals surface area (Å²) in [6, 6.07) is 8.25. The van der Waals surface area contributed by atoms with Crippen LogP contribution in [0.15, 0.2) is 24.3 Å². The van der Waals surface area contributed by atoms with E-state index in [4.69, 9.17) is 22.1 Å². The van der Waals surface area contributed by atoms with E-state index < -0.39 is 0 Å². The number of nitrogens with zero attached hydrogens (tertiary/aromatic N) is 1. The van der Waals surface area contributed by atoms with Crippen LogP contribution in [-0.2, 0) is 4.74 Å².